The molecule has 24 heteroatoms. The number of aromatic nitrogens is 4. The Kier molecular flexibility index (Phi) is 11.5. The number of nitrogens with two attached hydrogens (primary N) is 2. The third kappa shape index (κ3) is 7.11. The second kappa shape index (κ2) is 14.3. The molecule has 2 aromatic heterocycles. The topological polar surface area (TPSA) is 197 Å². The molecule has 0 fully saturated rings. The minimum atomic E-state index is -5.24. The van der Waals surface area contributed by atoms with E-state index >= 15 is 0 Å². The van der Waals surface area contributed by atoms with Crippen LogP contribution in [0.2, 0.25) is 10.0 Å². The number of hydrogen-bond acceptors (Lipinski definition) is 9. The summed E-state index contributed by atoms with van der Waals surface area (Å²) in [5, 5.41) is 14.5. The fourth-order valence-electron chi connectivity index (χ4n) is 3.90. The molecule has 4 N–H and O–H groups in total. The van der Waals surface area contributed by atoms with E-state index in [1.165, 1.54) is 6.07 Å². The molecule has 266 valence electrons. The number of methoxy groups -OCH3 is 1. The van der Waals surface area contributed by atoms with Gasteiger partial charge in [-0.2, -0.15) is 36.9 Å². The van der Waals surface area contributed by atoms with Crippen molar-refractivity contribution in [3.8, 4) is 29.3 Å². The van der Waals surface area contributed by atoms with Gasteiger partial charge in [-0.15, -0.1) is 0 Å². The molecular formula is C26H15Cl2F9N8O5. The van der Waals surface area contributed by atoms with Crippen LogP contribution in [0, 0.1) is 40.1 Å². The number of halogens is 11. The van der Waals surface area contributed by atoms with Crippen molar-refractivity contribution >= 4 is 23.2 Å². The van der Waals surface area contributed by atoms with Gasteiger partial charge in [-0.3, -0.25) is 9.59 Å². The Balaban J connectivity index is 0.000000340. The van der Waals surface area contributed by atoms with Crippen molar-refractivity contribution in [2.45, 2.75) is 19.8 Å². The summed E-state index contributed by atoms with van der Waals surface area (Å²) in [5.74, 6) is 5.90. The summed E-state index contributed by atoms with van der Waals surface area (Å²) < 4.78 is 123. The molecular weight excluding hydrogens is 746 g/mol. The van der Waals surface area contributed by atoms with Crippen molar-refractivity contribution in [3.05, 3.63) is 116 Å². The Bertz CT molecular complexity index is 2280. The normalized spacial score (nSPS) is 11.1. The number of nitriles is 2. The molecule has 13 nitrogen and oxygen atoms in total. The van der Waals surface area contributed by atoms with Gasteiger partial charge in [0, 0.05) is 12.1 Å². The van der Waals surface area contributed by atoms with E-state index in [4.69, 9.17) is 50.1 Å². The molecule has 4 rings (SSSR count). The molecule has 0 unspecified atom stereocenters. The van der Waals surface area contributed by atoms with Gasteiger partial charge in [0.1, 0.15) is 45.4 Å². The summed E-state index contributed by atoms with van der Waals surface area (Å²) >= 11 is 10.7. The molecule has 4 aromatic rings. The van der Waals surface area contributed by atoms with Crippen LogP contribution in [0.15, 0.2) is 43.4 Å². The maximum absolute atomic E-state index is 14.2. The van der Waals surface area contributed by atoms with Crippen LogP contribution in [0.25, 0.3) is 11.4 Å². The first-order valence-electron chi connectivity index (χ1n) is 12.0. The maximum Gasteiger partial charge on any atom is 0.435 e. The van der Waals surface area contributed by atoms with Crippen molar-refractivity contribution in [2.75, 3.05) is 18.8 Å². The molecule has 0 bridgehead atoms. The van der Waals surface area contributed by atoms with Gasteiger partial charge in [-0.05, 0) is 12.1 Å². The monoisotopic (exact) mass is 760 g/mol. The average Bonchev–Trinajstić information content (AvgIpc) is 3.00. The number of hydrogen-bond donors (Lipinski definition) is 2. The molecule has 0 amide bonds. The van der Waals surface area contributed by atoms with E-state index in [0.717, 1.165) is 13.2 Å². The van der Waals surface area contributed by atoms with Crippen LogP contribution in [0.1, 0.15) is 29.9 Å². The van der Waals surface area contributed by atoms with E-state index in [2.05, 4.69) is 0 Å². The first-order chi connectivity index (χ1) is 22.5. The SMILES string of the molecule is C.COc1cc(-n2c(=O)c(Cl)c(C(F)(F)F)n(N)c2=O)c(F)cc1C#N.N#Cc1cc(F)c(-n2c(=O)c(Cl)c(C(F)(F)F)n(N)c2=O)cc1F. The Hall–Kier alpha value is -5.87. The van der Waals surface area contributed by atoms with Crippen LogP contribution in [-0.2, 0) is 12.4 Å². The predicted molar refractivity (Wildman–Crippen MR) is 156 cm³/mol. The number of benzene rings is 2. The summed E-state index contributed by atoms with van der Waals surface area (Å²) in [6.07, 6.45) is -10.4. The number of alkyl halides is 6. The third-order valence-electron chi connectivity index (χ3n) is 6.04. The van der Waals surface area contributed by atoms with Gasteiger partial charge < -0.3 is 16.4 Å². The van der Waals surface area contributed by atoms with E-state index in [1.807, 2.05) is 0 Å². The minimum Gasteiger partial charge on any atom is -0.495 e. The predicted octanol–water partition coefficient (Wildman–Crippen LogP) is 3.58. The summed E-state index contributed by atoms with van der Waals surface area (Å²) in [5.41, 5.74) is -13.5. The third-order valence-corrected chi connectivity index (χ3v) is 6.72. The van der Waals surface area contributed by atoms with Crippen molar-refractivity contribution in [2.24, 2.45) is 0 Å². The van der Waals surface area contributed by atoms with Gasteiger partial charge >= 0.3 is 23.7 Å². The van der Waals surface area contributed by atoms with Crippen LogP contribution < -0.4 is 38.9 Å². The fourth-order valence-corrected chi connectivity index (χ4v) is 4.47. The molecule has 0 spiro atoms. The quantitative estimate of drug-likeness (QED) is 0.232. The fraction of sp³-hybridized carbons (Fsp3) is 0.154. The highest BCUT2D eigenvalue weighted by molar-refractivity contribution is 6.31. The number of ether oxygens (including phenoxy) is 1. The van der Waals surface area contributed by atoms with Gasteiger partial charge in [0.2, 0.25) is 0 Å². The largest absolute Gasteiger partial charge is 0.495 e. The molecule has 0 aliphatic rings. The Labute approximate surface area is 280 Å². The first kappa shape index (κ1) is 40.3. The summed E-state index contributed by atoms with van der Waals surface area (Å²) in [7, 11) is 1.13. The maximum atomic E-state index is 14.2. The standard InChI is InChI=1S/C13H7ClF4N4O3.C12H4ClF5N4O2.CH4/c1-25-8-3-7(6(15)2-5(8)4-19)21-11(23)9(14)10(13(16,17)18)22(20)12(21)24;13-8-9(12(16,17)18)22(20)11(24)21(10(8)23)7-2-5(14)4(3-19)1-6(7)15;/h2-3H,20H2,1H3;1-2H,20H2;1H4. The van der Waals surface area contributed by atoms with Crippen LogP contribution in [0.5, 0.6) is 5.75 Å². The van der Waals surface area contributed by atoms with E-state index in [1.54, 1.807) is 6.07 Å². The van der Waals surface area contributed by atoms with Crippen molar-refractivity contribution in [1.29, 1.82) is 10.5 Å². The van der Waals surface area contributed by atoms with E-state index in [9.17, 15) is 58.7 Å². The molecule has 2 aromatic carbocycles. The zero-order valence-corrected chi connectivity index (χ0v) is 24.9. The lowest BCUT2D eigenvalue weighted by Gasteiger charge is -2.16. The smallest absolute Gasteiger partial charge is 0.435 e. The van der Waals surface area contributed by atoms with Crippen LogP contribution in [0.4, 0.5) is 39.5 Å². The lowest BCUT2D eigenvalue weighted by atomic mass is 10.2. The van der Waals surface area contributed by atoms with E-state index < -0.39 is 100 Å². The summed E-state index contributed by atoms with van der Waals surface area (Å²) in [6.45, 7) is 0. The van der Waals surface area contributed by atoms with Gasteiger partial charge in [-0.1, -0.05) is 30.6 Å². The van der Waals surface area contributed by atoms with Crippen LogP contribution in [0.3, 0.4) is 0 Å². The van der Waals surface area contributed by atoms with Crippen molar-refractivity contribution in [1.82, 2.24) is 18.5 Å². The van der Waals surface area contributed by atoms with Crippen LogP contribution in [-0.4, -0.2) is 25.6 Å². The highest BCUT2D eigenvalue weighted by Crippen LogP contribution is 2.33. The Morgan fingerprint density at radius 2 is 1.04 bits per heavy atom. The van der Waals surface area contributed by atoms with Gasteiger partial charge in [-0.25, -0.2) is 41.2 Å². The molecule has 0 saturated heterocycles. The Morgan fingerprint density at radius 1 is 0.680 bits per heavy atom. The van der Waals surface area contributed by atoms with E-state index in [-0.39, 0.29) is 27.9 Å². The molecule has 0 saturated carbocycles. The summed E-state index contributed by atoms with van der Waals surface area (Å²) in [6, 6.07) is 5.02. The van der Waals surface area contributed by atoms with Gasteiger partial charge in [0.25, 0.3) is 11.1 Å². The number of rotatable bonds is 3. The van der Waals surface area contributed by atoms with Crippen molar-refractivity contribution in [3.63, 3.8) is 0 Å². The van der Waals surface area contributed by atoms with E-state index in [0.29, 0.717) is 18.2 Å². The molecule has 0 radical (unpaired) electrons. The minimum absolute atomic E-state index is 0. The number of nitrogens with zero attached hydrogens (tertiary/aromatic N) is 6. The molecule has 2 heterocycles. The molecule has 0 atom stereocenters. The second-order valence-electron chi connectivity index (χ2n) is 8.92. The zero-order chi connectivity index (χ0) is 37.5. The molecule has 50 heavy (non-hydrogen) atoms. The average molecular weight is 761 g/mol. The number of nitrogen functional groups attached to an aromatic ring is 2. The highest BCUT2D eigenvalue weighted by Gasteiger charge is 2.41. The second-order valence-corrected chi connectivity index (χ2v) is 9.67. The van der Waals surface area contributed by atoms with Gasteiger partial charge in [0.05, 0.1) is 29.6 Å². The highest BCUT2D eigenvalue weighted by atomic mass is 35.5. The summed E-state index contributed by atoms with van der Waals surface area (Å²) in [4.78, 5) is 48.0. The van der Waals surface area contributed by atoms with Gasteiger partial charge in [0.15, 0.2) is 11.4 Å². The van der Waals surface area contributed by atoms with Crippen molar-refractivity contribution < 1.29 is 44.3 Å². The molecule has 0 aliphatic carbocycles. The first-order valence-corrected chi connectivity index (χ1v) is 12.8. The molecule has 0 aliphatic heterocycles. The Morgan fingerprint density at radius 3 is 1.38 bits per heavy atom. The lowest BCUT2D eigenvalue weighted by Crippen LogP contribution is -2.46. The zero-order valence-electron chi connectivity index (χ0n) is 23.3. The van der Waals surface area contributed by atoms with Crippen LogP contribution >= 0.6 is 23.2 Å². The lowest BCUT2D eigenvalue weighted by molar-refractivity contribution is -0.144.